The molecule has 0 atom stereocenters. The molecule has 0 radical (unpaired) electrons. The van der Waals surface area contributed by atoms with Crippen LogP contribution in [0.3, 0.4) is 0 Å². The van der Waals surface area contributed by atoms with Crippen molar-refractivity contribution in [3.05, 3.63) is 12.7 Å². The quantitative estimate of drug-likeness (QED) is 0.449. The summed E-state index contributed by atoms with van der Waals surface area (Å²) in [6, 6.07) is 0. The van der Waals surface area contributed by atoms with E-state index in [0.717, 1.165) is 6.08 Å². The Labute approximate surface area is 58.8 Å². The first-order valence-corrected chi connectivity index (χ1v) is 4.08. The third-order valence-corrected chi connectivity index (χ3v) is 1.51. The van der Waals surface area contributed by atoms with Crippen molar-refractivity contribution in [1.29, 1.82) is 0 Å². The summed E-state index contributed by atoms with van der Waals surface area (Å²) < 4.78 is 31.3. The van der Waals surface area contributed by atoms with E-state index in [1.54, 1.807) is 0 Å². The van der Waals surface area contributed by atoms with Gasteiger partial charge in [-0.25, -0.2) is 0 Å². The summed E-state index contributed by atoms with van der Waals surface area (Å²) in [5.41, 5.74) is 0. The Balaban J connectivity index is 3.78. The molecule has 0 rings (SSSR count). The molecule has 10 heavy (non-hydrogen) atoms. The fourth-order valence-electron chi connectivity index (χ4n) is 0.325. The van der Waals surface area contributed by atoms with Crippen molar-refractivity contribution < 1.29 is 17.1 Å². The Morgan fingerprint density at radius 3 is 2.40 bits per heavy atom. The van der Waals surface area contributed by atoms with Crippen molar-refractivity contribution in [1.82, 2.24) is 0 Å². The molecule has 0 bridgehead atoms. The molecule has 0 aliphatic carbocycles. The van der Waals surface area contributed by atoms with Crippen LogP contribution in [-0.2, 0) is 15.0 Å². The van der Waals surface area contributed by atoms with Gasteiger partial charge in [0.2, 0.25) is 0 Å². The normalized spacial score (nSPS) is 10.9. The van der Waals surface area contributed by atoms with E-state index < -0.39 is 21.8 Å². The van der Waals surface area contributed by atoms with E-state index in [0.29, 0.717) is 0 Å². The fourth-order valence-corrected chi connectivity index (χ4v) is 0.770. The van der Waals surface area contributed by atoms with Gasteiger partial charge < -0.3 is 0 Å². The molecule has 0 amide bonds. The van der Waals surface area contributed by atoms with E-state index in [1.165, 1.54) is 0 Å². The zero-order chi connectivity index (χ0) is 8.20. The van der Waals surface area contributed by atoms with Gasteiger partial charge in [-0.05, 0) is 6.08 Å². The largest absolute Gasteiger partial charge is 0.302 e. The summed E-state index contributed by atoms with van der Waals surface area (Å²) in [4.78, 5) is 10.3. The van der Waals surface area contributed by atoms with Gasteiger partial charge in [0.25, 0.3) is 0 Å². The van der Waals surface area contributed by atoms with E-state index >= 15 is 0 Å². The first-order valence-electron chi connectivity index (χ1n) is 2.53. The van der Waals surface area contributed by atoms with Gasteiger partial charge in [0.05, 0.1) is 5.75 Å². The van der Waals surface area contributed by atoms with E-state index in [-0.39, 0.29) is 6.42 Å². The maximum Gasteiger partial charge on any atom is 0.302 e. The summed E-state index contributed by atoms with van der Waals surface area (Å²) >= 11 is 0. The highest BCUT2D eigenvalue weighted by Gasteiger charge is 2.08. The smallest absolute Gasteiger partial charge is 0.295 e. The zero-order valence-electron chi connectivity index (χ0n) is 5.21. The number of rotatable bonds is 4. The van der Waals surface area contributed by atoms with Crippen molar-refractivity contribution in [2.45, 2.75) is 6.42 Å². The number of carbonyl (C=O) groups excluding carboxylic acids is 1. The van der Waals surface area contributed by atoms with Gasteiger partial charge in [-0.1, -0.05) is 6.58 Å². The summed E-state index contributed by atoms with van der Waals surface area (Å²) in [5.74, 6) is -1.22. The molecule has 0 saturated carbocycles. The highest BCUT2D eigenvalue weighted by atomic mass is 32.3. The monoisotopic (exact) mass is 166 g/mol. The molecular formula is C5H7FO3S. The fraction of sp³-hybridized carbons (Fsp3) is 0.400. The van der Waals surface area contributed by atoms with Crippen LogP contribution in [0, 0.1) is 0 Å². The van der Waals surface area contributed by atoms with E-state index in [1.807, 2.05) is 0 Å². The van der Waals surface area contributed by atoms with Crippen LogP contribution < -0.4 is 0 Å². The summed E-state index contributed by atoms with van der Waals surface area (Å²) in [6.07, 6.45) is 0.632. The molecule has 5 heteroatoms. The van der Waals surface area contributed by atoms with Gasteiger partial charge in [-0.2, -0.15) is 8.42 Å². The van der Waals surface area contributed by atoms with Crippen molar-refractivity contribution in [2.75, 3.05) is 5.75 Å². The molecule has 0 spiro atoms. The molecule has 0 aromatic carbocycles. The maximum absolute atomic E-state index is 11.7. The third kappa shape index (κ3) is 5.43. The first kappa shape index (κ1) is 9.29. The summed E-state index contributed by atoms with van der Waals surface area (Å²) in [6.45, 7) is 3.09. The molecule has 0 aliphatic rings. The van der Waals surface area contributed by atoms with E-state index in [9.17, 15) is 17.1 Å². The first-order chi connectivity index (χ1) is 4.45. The van der Waals surface area contributed by atoms with Gasteiger partial charge in [0.15, 0.2) is 5.78 Å². The minimum absolute atomic E-state index is 0.331. The van der Waals surface area contributed by atoms with Crippen LogP contribution in [0.25, 0.3) is 0 Å². The second-order valence-electron chi connectivity index (χ2n) is 1.66. The molecule has 0 aromatic rings. The molecule has 0 saturated heterocycles. The number of ketones is 1. The number of carbonyl (C=O) groups is 1. The average Bonchev–Trinajstić information content (AvgIpc) is 1.81. The second-order valence-corrected chi connectivity index (χ2v) is 3.15. The molecule has 3 nitrogen and oxygen atoms in total. The lowest BCUT2D eigenvalue weighted by atomic mass is 10.3. The molecule has 0 aliphatic heterocycles. The highest BCUT2D eigenvalue weighted by Crippen LogP contribution is 1.95. The summed E-state index contributed by atoms with van der Waals surface area (Å²) in [5, 5.41) is 0. The standard InChI is InChI=1S/C5H7FO3S/c1-2-5(7)3-4-10(6,8)9/h2H,1,3-4H2. The maximum atomic E-state index is 11.7. The molecule has 0 N–H and O–H groups in total. The number of allylic oxidation sites excluding steroid dienone is 1. The van der Waals surface area contributed by atoms with Gasteiger partial charge in [0.1, 0.15) is 0 Å². The topological polar surface area (TPSA) is 51.2 Å². The lowest BCUT2D eigenvalue weighted by Gasteiger charge is -1.88. The van der Waals surface area contributed by atoms with Crippen LogP contribution in [0.1, 0.15) is 6.42 Å². The van der Waals surface area contributed by atoms with Gasteiger partial charge >= 0.3 is 10.2 Å². The van der Waals surface area contributed by atoms with Crippen molar-refractivity contribution in [3.63, 3.8) is 0 Å². The van der Waals surface area contributed by atoms with Crippen molar-refractivity contribution in [3.8, 4) is 0 Å². The van der Waals surface area contributed by atoms with Crippen LogP contribution >= 0.6 is 0 Å². The van der Waals surface area contributed by atoms with Crippen molar-refractivity contribution in [2.24, 2.45) is 0 Å². The van der Waals surface area contributed by atoms with Crippen LogP contribution in [-0.4, -0.2) is 20.0 Å². The lowest BCUT2D eigenvalue weighted by molar-refractivity contribution is -0.114. The third-order valence-electron chi connectivity index (χ3n) is 0.820. The minimum atomic E-state index is -4.50. The van der Waals surface area contributed by atoms with Crippen LogP contribution in [0.5, 0.6) is 0 Å². The second kappa shape index (κ2) is 3.46. The molecule has 58 valence electrons. The Hall–Kier alpha value is -0.710. The number of hydrogen-bond donors (Lipinski definition) is 0. The SMILES string of the molecule is C=CC(=O)CCS(=O)(=O)F. The molecule has 0 unspecified atom stereocenters. The predicted octanol–water partition coefficient (Wildman–Crippen LogP) is 0.431. The Bertz CT molecular complexity index is 229. The molecular weight excluding hydrogens is 159 g/mol. The van der Waals surface area contributed by atoms with Gasteiger partial charge in [-0.15, -0.1) is 3.89 Å². The van der Waals surface area contributed by atoms with Gasteiger partial charge in [0, 0.05) is 6.42 Å². The number of hydrogen-bond acceptors (Lipinski definition) is 3. The average molecular weight is 166 g/mol. The lowest BCUT2D eigenvalue weighted by Crippen LogP contribution is -2.03. The molecule has 0 fully saturated rings. The van der Waals surface area contributed by atoms with Crippen molar-refractivity contribution >= 4 is 16.0 Å². The van der Waals surface area contributed by atoms with Crippen LogP contribution in [0.2, 0.25) is 0 Å². The number of halogens is 1. The highest BCUT2D eigenvalue weighted by molar-refractivity contribution is 7.86. The minimum Gasteiger partial charge on any atom is -0.295 e. The summed E-state index contributed by atoms with van der Waals surface area (Å²) in [7, 11) is -4.50. The Kier molecular flexibility index (Phi) is 3.21. The van der Waals surface area contributed by atoms with Crippen LogP contribution in [0.4, 0.5) is 3.89 Å². The molecule has 0 heterocycles. The van der Waals surface area contributed by atoms with Gasteiger partial charge in [-0.3, -0.25) is 4.79 Å². The van der Waals surface area contributed by atoms with Crippen LogP contribution in [0.15, 0.2) is 12.7 Å². The Morgan fingerprint density at radius 1 is 1.60 bits per heavy atom. The van der Waals surface area contributed by atoms with E-state index in [2.05, 4.69) is 6.58 Å². The van der Waals surface area contributed by atoms with E-state index in [4.69, 9.17) is 0 Å². The zero-order valence-corrected chi connectivity index (χ0v) is 6.03. The predicted molar refractivity (Wildman–Crippen MR) is 34.7 cm³/mol. The molecule has 0 aromatic heterocycles. The Morgan fingerprint density at radius 2 is 2.10 bits per heavy atom.